The number of nitrogens with one attached hydrogen (secondary N) is 1. The standard InChI is InChI=1S/C12H17FN2O2S/c1-12(2,3)15-11(16)7-18(17)10-6-8(13)4-5-9(10)14/h4-6H,7,14H2,1-3H3,(H,15,16). The predicted molar refractivity (Wildman–Crippen MR) is 70.0 cm³/mol. The first kappa shape index (κ1) is 14.6. The average molecular weight is 272 g/mol. The fourth-order valence-corrected chi connectivity index (χ4v) is 2.40. The summed E-state index contributed by atoms with van der Waals surface area (Å²) in [6, 6.07) is 3.62. The van der Waals surface area contributed by atoms with E-state index in [4.69, 9.17) is 5.73 Å². The van der Waals surface area contributed by atoms with Gasteiger partial charge in [-0.3, -0.25) is 9.00 Å². The zero-order valence-corrected chi connectivity index (χ0v) is 11.4. The summed E-state index contributed by atoms with van der Waals surface area (Å²) in [4.78, 5) is 11.8. The van der Waals surface area contributed by atoms with Crippen molar-refractivity contribution in [3.8, 4) is 0 Å². The second kappa shape index (κ2) is 5.48. The van der Waals surface area contributed by atoms with Crippen LogP contribution in [0.15, 0.2) is 23.1 Å². The number of carbonyl (C=O) groups excluding carboxylic acids is 1. The Morgan fingerprint density at radius 3 is 2.61 bits per heavy atom. The van der Waals surface area contributed by atoms with Gasteiger partial charge in [-0.05, 0) is 39.0 Å². The van der Waals surface area contributed by atoms with Gasteiger partial charge < -0.3 is 11.1 Å². The molecule has 0 saturated carbocycles. The number of hydrogen-bond donors (Lipinski definition) is 2. The molecule has 6 heteroatoms. The molecule has 0 heterocycles. The van der Waals surface area contributed by atoms with Crippen LogP contribution in [0.3, 0.4) is 0 Å². The Balaban J connectivity index is 2.77. The van der Waals surface area contributed by atoms with Gasteiger partial charge in [-0.1, -0.05) is 0 Å². The third-order valence-corrected chi connectivity index (χ3v) is 3.37. The number of amides is 1. The highest BCUT2D eigenvalue weighted by Gasteiger charge is 2.18. The Bertz CT molecular complexity index is 483. The molecule has 0 bridgehead atoms. The minimum Gasteiger partial charge on any atom is -0.398 e. The number of hydrogen-bond acceptors (Lipinski definition) is 3. The van der Waals surface area contributed by atoms with Crippen molar-refractivity contribution in [1.82, 2.24) is 5.32 Å². The van der Waals surface area contributed by atoms with Crippen LogP contribution in [0.25, 0.3) is 0 Å². The molecule has 0 fully saturated rings. The van der Waals surface area contributed by atoms with Gasteiger partial charge in [0, 0.05) is 11.2 Å². The lowest BCUT2D eigenvalue weighted by Gasteiger charge is -2.20. The quantitative estimate of drug-likeness (QED) is 0.818. The van der Waals surface area contributed by atoms with E-state index in [0.717, 1.165) is 6.07 Å². The number of benzene rings is 1. The van der Waals surface area contributed by atoms with E-state index in [9.17, 15) is 13.4 Å². The largest absolute Gasteiger partial charge is 0.398 e. The Labute approximate surface area is 108 Å². The lowest BCUT2D eigenvalue weighted by Crippen LogP contribution is -2.42. The van der Waals surface area contributed by atoms with Crippen molar-refractivity contribution in [1.29, 1.82) is 0 Å². The molecule has 18 heavy (non-hydrogen) atoms. The third-order valence-electron chi connectivity index (χ3n) is 2.00. The second-order valence-electron chi connectivity index (χ2n) is 4.97. The topological polar surface area (TPSA) is 72.2 Å². The molecule has 1 aromatic rings. The summed E-state index contributed by atoms with van der Waals surface area (Å²) in [5.74, 6) is -1.11. The van der Waals surface area contributed by atoms with E-state index >= 15 is 0 Å². The van der Waals surface area contributed by atoms with E-state index in [1.165, 1.54) is 12.1 Å². The number of nitrogen functional groups attached to an aromatic ring is 1. The number of nitrogens with two attached hydrogens (primary N) is 1. The zero-order chi connectivity index (χ0) is 13.9. The summed E-state index contributed by atoms with van der Waals surface area (Å²) in [5, 5.41) is 2.69. The number of rotatable bonds is 3. The number of carbonyl (C=O) groups is 1. The molecule has 4 nitrogen and oxygen atoms in total. The molecule has 1 atom stereocenters. The number of halogens is 1. The molecule has 1 rings (SSSR count). The van der Waals surface area contributed by atoms with Crippen LogP contribution in [0, 0.1) is 5.82 Å². The van der Waals surface area contributed by atoms with E-state index in [2.05, 4.69) is 5.32 Å². The molecule has 0 saturated heterocycles. The van der Waals surface area contributed by atoms with Crippen LogP contribution >= 0.6 is 0 Å². The predicted octanol–water partition coefficient (Wildman–Crippen LogP) is 1.43. The van der Waals surface area contributed by atoms with Crippen molar-refractivity contribution in [2.24, 2.45) is 0 Å². The van der Waals surface area contributed by atoms with Crippen LogP contribution in [0.5, 0.6) is 0 Å². The Morgan fingerprint density at radius 2 is 2.06 bits per heavy atom. The minimum absolute atomic E-state index is 0.152. The fraction of sp³-hybridized carbons (Fsp3) is 0.417. The van der Waals surface area contributed by atoms with E-state index in [1.54, 1.807) is 0 Å². The molecule has 0 spiro atoms. The number of anilines is 1. The van der Waals surface area contributed by atoms with Gasteiger partial charge >= 0.3 is 0 Å². The van der Waals surface area contributed by atoms with Crippen molar-refractivity contribution in [2.45, 2.75) is 31.2 Å². The Kier molecular flexibility index (Phi) is 4.45. The maximum Gasteiger partial charge on any atom is 0.233 e. The van der Waals surface area contributed by atoms with Crippen LogP contribution in [-0.2, 0) is 15.6 Å². The molecule has 1 unspecified atom stereocenters. The van der Waals surface area contributed by atoms with E-state index in [0.29, 0.717) is 0 Å². The van der Waals surface area contributed by atoms with Gasteiger partial charge in [-0.15, -0.1) is 0 Å². The van der Waals surface area contributed by atoms with Crippen LogP contribution in [-0.4, -0.2) is 21.4 Å². The highest BCUT2D eigenvalue weighted by atomic mass is 32.2. The Hall–Kier alpha value is -1.43. The zero-order valence-electron chi connectivity index (χ0n) is 10.6. The maximum absolute atomic E-state index is 13.0. The van der Waals surface area contributed by atoms with E-state index in [-0.39, 0.29) is 22.2 Å². The van der Waals surface area contributed by atoms with Crippen LogP contribution in [0.4, 0.5) is 10.1 Å². The van der Waals surface area contributed by atoms with Gasteiger partial charge in [0.2, 0.25) is 5.91 Å². The summed E-state index contributed by atoms with van der Waals surface area (Å²) >= 11 is 0. The second-order valence-corrected chi connectivity index (χ2v) is 6.39. The van der Waals surface area contributed by atoms with Crippen LogP contribution < -0.4 is 11.1 Å². The molecule has 100 valence electrons. The van der Waals surface area contributed by atoms with Crippen molar-refractivity contribution in [3.05, 3.63) is 24.0 Å². The van der Waals surface area contributed by atoms with Gasteiger partial charge in [0.15, 0.2) is 0 Å². The molecule has 0 aliphatic rings. The highest BCUT2D eigenvalue weighted by molar-refractivity contribution is 7.86. The van der Waals surface area contributed by atoms with Crippen molar-refractivity contribution in [3.63, 3.8) is 0 Å². The molecule has 1 amide bonds. The summed E-state index contributed by atoms with van der Waals surface area (Å²) in [5.41, 5.74) is 5.43. The monoisotopic (exact) mass is 272 g/mol. The summed E-state index contributed by atoms with van der Waals surface area (Å²) in [6.07, 6.45) is 0. The maximum atomic E-state index is 13.0. The first-order chi connectivity index (χ1) is 8.19. The molecule has 1 aromatic carbocycles. The minimum atomic E-state index is -1.65. The lowest BCUT2D eigenvalue weighted by atomic mass is 10.1. The van der Waals surface area contributed by atoms with E-state index in [1.807, 2.05) is 20.8 Å². The molecular weight excluding hydrogens is 255 g/mol. The molecule has 0 radical (unpaired) electrons. The summed E-state index contributed by atoms with van der Waals surface area (Å²) in [7, 11) is -1.65. The first-order valence-electron chi connectivity index (χ1n) is 5.43. The Morgan fingerprint density at radius 1 is 1.44 bits per heavy atom. The molecule has 0 aliphatic heterocycles. The smallest absolute Gasteiger partial charge is 0.233 e. The normalized spacial score (nSPS) is 13.1. The highest BCUT2D eigenvalue weighted by Crippen LogP contribution is 2.17. The molecule has 0 aliphatic carbocycles. The van der Waals surface area contributed by atoms with Gasteiger partial charge in [-0.25, -0.2) is 4.39 Å². The first-order valence-corrected chi connectivity index (χ1v) is 6.75. The average Bonchev–Trinajstić information content (AvgIpc) is 2.18. The molecule has 0 aromatic heterocycles. The lowest BCUT2D eigenvalue weighted by molar-refractivity contribution is -0.119. The summed E-state index contributed by atoms with van der Waals surface area (Å²) < 4.78 is 24.9. The third kappa shape index (κ3) is 4.44. The van der Waals surface area contributed by atoms with Crippen molar-refractivity contribution < 1.29 is 13.4 Å². The van der Waals surface area contributed by atoms with Gasteiger partial charge in [0.25, 0.3) is 0 Å². The molecular formula is C12H17FN2O2S. The van der Waals surface area contributed by atoms with Crippen molar-refractivity contribution >= 4 is 22.4 Å². The van der Waals surface area contributed by atoms with Crippen molar-refractivity contribution in [2.75, 3.05) is 11.5 Å². The van der Waals surface area contributed by atoms with Gasteiger partial charge in [0.1, 0.15) is 11.6 Å². The van der Waals surface area contributed by atoms with Crippen LogP contribution in [0.1, 0.15) is 20.8 Å². The van der Waals surface area contributed by atoms with Crippen LogP contribution in [0.2, 0.25) is 0 Å². The summed E-state index contributed by atoms with van der Waals surface area (Å²) in [6.45, 7) is 5.47. The SMILES string of the molecule is CC(C)(C)NC(=O)CS(=O)c1cc(F)ccc1N. The van der Waals surface area contributed by atoms with Gasteiger partial charge in [-0.2, -0.15) is 0 Å². The molecule has 3 N–H and O–H groups in total. The fourth-order valence-electron chi connectivity index (χ4n) is 1.36. The van der Waals surface area contributed by atoms with E-state index < -0.39 is 22.2 Å². The van der Waals surface area contributed by atoms with Gasteiger partial charge in [0.05, 0.1) is 15.7 Å².